The third-order valence-electron chi connectivity index (χ3n) is 6.43. The molecule has 0 spiro atoms. The van der Waals surface area contributed by atoms with Crippen LogP contribution >= 0.6 is 35.6 Å². The summed E-state index contributed by atoms with van der Waals surface area (Å²) in [6.07, 6.45) is 8.26. The molecule has 1 aliphatic heterocycles. The van der Waals surface area contributed by atoms with E-state index >= 15 is 0 Å². The molecule has 0 bridgehead atoms. The fourth-order valence-electron chi connectivity index (χ4n) is 4.17. The zero-order chi connectivity index (χ0) is 28.4. The molecular weight excluding hydrogens is 552 g/mol. The second-order valence-corrected chi connectivity index (χ2v) is 11.4. The summed E-state index contributed by atoms with van der Waals surface area (Å²) in [7, 11) is 1.34. The highest BCUT2D eigenvalue weighted by molar-refractivity contribution is 8.23. The van der Waals surface area contributed by atoms with E-state index in [0.29, 0.717) is 35.7 Å². The fourth-order valence-corrected chi connectivity index (χ4v) is 5.77. The second-order valence-electron chi connectivity index (χ2n) is 9.17. The molecule has 1 aromatic carbocycles. The number of benzene rings is 1. The maximum atomic E-state index is 13.1. The van der Waals surface area contributed by atoms with Gasteiger partial charge in [0.1, 0.15) is 0 Å². The largest absolute Gasteiger partial charge is 0.467 e. The minimum atomic E-state index is -0.849. The molecule has 1 aliphatic rings. The second kappa shape index (κ2) is 15.2. The number of unbranched alkanes of at least 4 members (excludes halogenated alkanes) is 1. The van der Waals surface area contributed by atoms with Gasteiger partial charge in [0, 0.05) is 40.7 Å². The van der Waals surface area contributed by atoms with Gasteiger partial charge in [0.25, 0.3) is 0 Å². The van der Waals surface area contributed by atoms with E-state index in [-0.39, 0.29) is 6.10 Å². The van der Waals surface area contributed by atoms with Gasteiger partial charge in [-0.15, -0.1) is 11.8 Å². The number of nitrogens with zero attached hydrogens (tertiary/aromatic N) is 2. The molecule has 0 aliphatic carbocycles. The first kappa shape index (κ1) is 30.9. The Labute approximate surface area is 245 Å². The molecular formula is C30H35ClN2O4S2. The number of ether oxygens (including phenoxy) is 2. The van der Waals surface area contributed by atoms with Gasteiger partial charge in [-0.3, -0.25) is 4.98 Å². The van der Waals surface area contributed by atoms with Crippen molar-refractivity contribution in [2.45, 2.75) is 58.6 Å². The Morgan fingerprint density at radius 3 is 2.69 bits per heavy atom. The average Bonchev–Trinajstić information content (AvgIpc) is 2.94. The summed E-state index contributed by atoms with van der Waals surface area (Å²) in [5.74, 6) is -0.0217. The molecule has 1 aromatic heterocycles. The third-order valence-corrected chi connectivity index (χ3v) is 8.33. The SMILES string of the molecule is CCCCSC(=S)c1cccnc1C1=C/C(=C/C(=O)OC(C)CC)N(C(C(=O)OC)c2ccccc2Cl)CC1. The Morgan fingerprint density at radius 1 is 1.23 bits per heavy atom. The number of hydrogen-bond donors (Lipinski definition) is 0. The maximum Gasteiger partial charge on any atom is 0.333 e. The van der Waals surface area contributed by atoms with Crippen LogP contribution in [0.25, 0.3) is 5.57 Å². The van der Waals surface area contributed by atoms with Crippen molar-refractivity contribution < 1.29 is 19.1 Å². The molecule has 9 heteroatoms. The van der Waals surface area contributed by atoms with Crippen molar-refractivity contribution in [1.82, 2.24) is 9.88 Å². The summed E-state index contributed by atoms with van der Waals surface area (Å²) >= 11 is 13.9. The van der Waals surface area contributed by atoms with Gasteiger partial charge < -0.3 is 14.4 Å². The normalized spacial score (nSPS) is 15.9. The van der Waals surface area contributed by atoms with Crippen LogP contribution in [0.5, 0.6) is 0 Å². The van der Waals surface area contributed by atoms with Crippen molar-refractivity contribution in [2.75, 3.05) is 19.4 Å². The van der Waals surface area contributed by atoms with Crippen molar-refractivity contribution in [3.63, 3.8) is 0 Å². The lowest BCUT2D eigenvalue weighted by Gasteiger charge is -2.36. The number of hydrogen-bond acceptors (Lipinski definition) is 8. The number of pyridine rings is 1. The number of rotatable bonds is 11. The van der Waals surface area contributed by atoms with Gasteiger partial charge in [0.15, 0.2) is 6.04 Å². The Bertz CT molecular complexity index is 1250. The molecule has 6 nitrogen and oxygen atoms in total. The number of allylic oxidation sites excluding steroid dienone is 1. The number of halogens is 1. The van der Waals surface area contributed by atoms with Crippen LogP contribution in [0.4, 0.5) is 0 Å². The molecule has 0 fully saturated rings. The Balaban J connectivity index is 2.09. The lowest BCUT2D eigenvalue weighted by atomic mass is 9.95. The number of aromatic nitrogens is 1. The van der Waals surface area contributed by atoms with Crippen molar-refractivity contribution in [3.05, 3.63) is 82.3 Å². The van der Waals surface area contributed by atoms with Crippen LogP contribution in [-0.4, -0.2) is 51.5 Å². The summed E-state index contributed by atoms with van der Waals surface area (Å²) in [5, 5.41) is 0.436. The van der Waals surface area contributed by atoms with E-state index < -0.39 is 18.0 Å². The van der Waals surface area contributed by atoms with E-state index in [0.717, 1.165) is 39.6 Å². The standard InChI is InChI=1S/C30H35ClN2O4S2/c1-5-7-17-39-30(38)24-12-10-15-32-27(24)21-14-16-33(22(18-21)19-26(34)37-20(3)6-2)28(29(35)36-4)23-11-8-9-13-25(23)31/h8-13,15,18-20,28H,5-7,14,16-17H2,1-4H3/b22-19-. The smallest absolute Gasteiger partial charge is 0.333 e. The molecule has 0 saturated heterocycles. The van der Waals surface area contributed by atoms with Crippen LogP contribution in [0.3, 0.4) is 0 Å². The van der Waals surface area contributed by atoms with Crippen molar-refractivity contribution in [2.24, 2.45) is 0 Å². The maximum absolute atomic E-state index is 13.1. The van der Waals surface area contributed by atoms with Gasteiger partial charge in [-0.25, -0.2) is 9.59 Å². The van der Waals surface area contributed by atoms with Gasteiger partial charge in [0.2, 0.25) is 0 Å². The fraction of sp³-hybridized carbons (Fsp3) is 0.400. The van der Waals surface area contributed by atoms with Crippen molar-refractivity contribution >= 4 is 57.3 Å². The highest BCUT2D eigenvalue weighted by Gasteiger charge is 2.34. The van der Waals surface area contributed by atoms with Gasteiger partial charge in [-0.2, -0.15) is 0 Å². The van der Waals surface area contributed by atoms with Crippen LogP contribution in [0.1, 0.15) is 69.3 Å². The minimum Gasteiger partial charge on any atom is -0.467 e. The highest BCUT2D eigenvalue weighted by Crippen LogP contribution is 2.37. The Hall–Kier alpha value is -2.68. The van der Waals surface area contributed by atoms with Crippen molar-refractivity contribution in [3.8, 4) is 0 Å². The van der Waals surface area contributed by atoms with Crippen LogP contribution in [0, 0.1) is 0 Å². The van der Waals surface area contributed by atoms with Gasteiger partial charge >= 0.3 is 11.9 Å². The van der Waals surface area contributed by atoms with E-state index in [1.807, 2.05) is 43.0 Å². The summed E-state index contributed by atoms with van der Waals surface area (Å²) in [5.41, 5.74) is 3.70. The lowest BCUT2D eigenvalue weighted by molar-refractivity contribution is -0.147. The molecule has 0 amide bonds. The predicted octanol–water partition coefficient (Wildman–Crippen LogP) is 7.17. The van der Waals surface area contributed by atoms with Crippen LogP contribution < -0.4 is 0 Å². The number of methoxy groups -OCH3 is 1. The molecule has 0 N–H and O–H groups in total. The molecule has 0 saturated carbocycles. The topological polar surface area (TPSA) is 68.7 Å². The van der Waals surface area contributed by atoms with E-state index in [1.54, 1.807) is 36.2 Å². The van der Waals surface area contributed by atoms with E-state index in [2.05, 4.69) is 11.9 Å². The summed E-state index contributed by atoms with van der Waals surface area (Å²) in [4.78, 5) is 32.6. The van der Waals surface area contributed by atoms with Crippen LogP contribution in [0.15, 0.2) is 60.4 Å². The molecule has 39 heavy (non-hydrogen) atoms. The van der Waals surface area contributed by atoms with Crippen LogP contribution in [0.2, 0.25) is 5.02 Å². The molecule has 2 unspecified atom stereocenters. The molecule has 3 rings (SSSR count). The number of thioether (sulfide) groups is 1. The molecule has 2 atom stereocenters. The quantitative estimate of drug-likeness (QED) is 0.119. The molecule has 0 radical (unpaired) electrons. The first-order chi connectivity index (χ1) is 18.8. The first-order valence-corrected chi connectivity index (χ1v) is 14.9. The van der Waals surface area contributed by atoms with Gasteiger partial charge in [-0.1, -0.05) is 62.3 Å². The Morgan fingerprint density at radius 2 is 2.00 bits per heavy atom. The summed E-state index contributed by atoms with van der Waals surface area (Å²) in [6, 6.07) is 10.2. The average molecular weight is 587 g/mol. The number of carbonyl (C=O) groups excluding carboxylic acids is 2. The Kier molecular flexibility index (Phi) is 12.0. The first-order valence-electron chi connectivity index (χ1n) is 13.1. The monoisotopic (exact) mass is 586 g/mol. The lowest BCUT2D eigenvalue weighted by Crippen LogP contribution is -2.37. The number of thiocarbonyl (C=S) groups is 1. The van der Waals surface area contributed by atoms with E-state index in [9.17, 15) is 9.59 Å². The van der Waals surface area contributed by atoms with Gasteiger partial charge in [-0.05, 0) is 61.8 Å². The van der Waals surface area contributed by atoms with E-state index in [1.165, 1.54) is 13.2 Å². The number of esters is 2. The van der Waals surface area contributed by atoms with Crippen LogP contribution in [-0.2, 0) is 19.1 Å². The predicted molar refractivity (Wildman–Crippen MR) is 163 cm³/mol. The molecule has 2 heterocycles. The van der Waals surface area contributed by atoms with Crippen molar-refractivity contribution in [1.29, 1.82) is 0 Å². The third kappa shape index (κ3) is 8.16. The zero-order valence-corrected chi connectivity index (χ0v) is 25.2. The number of carbonyl (C=O) groups is 2. The molecule has 208 valence electrons. The molecule has 2 aromatic rings. The summed E-state index contributed by atoms with van der Waals surface area (Å²) in [6.45, 7) is 6.37. The summed E-state index contributed by atoms with van der Waals surface area (Å²) < 4.78 is 11.5. The minimum absolute atomic E-state index is 0.241. The van der Waals surface area contributed by atoms with Gasteiger partial charge in [0.05, 0.1) is 23.1 Å². The zero-order valence-electron chi connectivity index (χ0n) is 22.8. The van der Waals surface area contributed by atoms with E-state index in [4.69, 9.17) is 33.3 Å². The highest BCUT2D eigenvalue weighted by atomic mass is 35.5.